The monoisotopic (exact) mass is 300 g/mol. The summed E-state index contributed by atoms with van der Waals surface area (Å²) >= 11 is 0. The number of hydrogen-bond donors (Lipinski definition) is 1. The molecule has 0 saturated carbocycles. The lowest BCUT2D eigenvalue weighted by Gasteiger charge is -2.22. The summed E-state index contributed by atoms with van der Waals surface area (Å²) in [6.07, 6.45) is -2.76. The Labute approximate surface area is 118 Å². The van der Waals surface area contributed by atoms with Crippen LogP contribution in [0.15, 0.2) is 23.0 Å². The Bertz CT molecular complexity index is 696. The lowest BCUT2D eigenvalue weighted by molar-refractivity contribution is -0.136. The highest BCUT2D eigenvalue weighted by Gasteiger charge is 2.34. The molecular weight excluding hydrogens is 285 g/mol. The maximum absolute atomic E-state index is 13.1. The van der Waals surface area contributed by atoms with Crippen molar-refractivity contribution in [1.29, 1.82) is 0 Å². The molecule has 7 heteroatoms. The average Bonchev–Trinajstić information content (AvgIpc) is 2.75. The highest BCUT2D eigenvalue weighted by atomic mass is 19.4. The first-order valence-corrected chi connectivity index (χ1v) is 6.83. The summed E-state index contributed by atoms with van der Waals surface area (Å²) < 4.78 is 45.9. The number of ether oxygens (including phenoxy) is 1. The standard InChI is InChI=1S/C14H15F3N2O2/c15-14(16,17)10-4-1-5-11-12(10)19(13(20)18-11)7-9-3-2-6-21-8-9/h1,4-5,9H,2-3,6-8H2,(H,18,20). The maximum Gasteiger partial charge on any atom is 0.418 e. The molecule has 1 aliphatic rings. The van der Waals surface area contributed by atoms with E-state index in [-0.39, 0.29) is 23.5 Å². The van der Waals surface area contributed by atoms with Crippen LogP contribution < -0.4 is 5.69 Å². The zero-order chi connectivity index (χ0) is 15.0. The Morgan fingerprint density at radius 1 is 1.38 bits per heavy atom. The van der Waals surface area contributed by atoms with Crippen LogP contribution in [0.3, 0.4) is 0 Å². The van der Waals surface area contributed by atoms with Gasteiger partial charge in [-0.15, -0.1) is 0 Å². The van der Waals surface area contributed by atoms with Crippen LogP contribution in [0.25, 0.3) is 11.0 Å². The number of nitrogens with one attached hydrogen (secondary N) is 1. The van der Waals surface area contributed by atoms with Gasteiger partial charge in [0.2, 0.25) is 0 Å². The van der Waals surface area contributed by atoms with Crippen LogP contribution in [0.4, 0.5) is 13.2 Å². The van der Waals surface area contributed by atoms with Crippen LogP contribution in [-0.2, 0) is 17.5 Å². The first-order chi connectivity index (χ1) is 9.97. The summed E-state index contributed by atoms with van der Waals surface area (Å²) in [6.45, 7) is 1.40. The molecule has 1 atom stereocenters. The number of H-pyrrole nitrogens is 1. The van der Waals surface area contributed by atoms with Crippen molar-refractivity contribution in [1.82, 2.24) is 9.55 Å². The Balaban J connectivity index is 2.08. The lowest BCUT2D eigenvalue weighted by Crippen LogP contribution is -2.27. The van der Waals surface area contributed by atoms with Gasteiger partial charge in [0.05, 0.1) is 23.2 Å². The normalized spacial score (nSPS) is 20.0. The molecule has 0 amide bonds. The van der Waals surface area contributed by atoms with Crippen molar-refractivity contribution in [3.05, 3.63) is 34.2 Å². The van der Waals surface area contributed by atoms with Gasteiger partial charge >= 0.3 is 11.9 Å². The number of alkyl halides is 3. The Hall–Kier alpha value is -1.76. The fourth-order valence-electron chi connectivity index (χ4n) is 2.83. The minimum Gasteiger partial charge on any atom is -0.381 e. The third-order valence-electron chi connectivity index (χ3n) is 3.79. The van der Waals surface area contributed by atoms with Gasteiger partial charge < -0.3 is 9.72 Å². The molecule has 21 heavy (non-hydrogen) atoms. The van der Waals surface area contributed by atoms with E-state index in [1.54, 1.807) is 0 Å². The topological polar surface area (TPSA) is 47.0 Å². The molecule has 1 aromatic carbocycles. The van der Waals surface area contributed by atoms with E-state index in [9.17, 15) is 18.0 Å². The van der Waals surface area contributed by atoms with Crippen molar-refractivity contribution in [3.63, 3.8) is 0 Å². The molecule has 4 nitrogen and oxygen atoms in total. The number of nitrogens with zero attached hydrogens (tertiary/aromatic N) is 1. The molecule has 1 N–H and O–H groups in total. The van der Waals surface area contributed by atoms with Gasteiger partial charge in [-0.05, 0) is 25.0 Å². The quantitative estimate of drug-likeness (QED) is 0.927. The number of imidazole rings is 1. The van der Waals surface area contributed by atoms with Crippen molar-refractivity contribution < 1.29 is 17.9 Å². The van der Waals surface area contributed by atoms with Gasteiger partial charge in [0.15, 0.2) is 0 Å². The summed E-state index contributed by atoms with van der Waals surface area (Å²) in [5.41, 5.74) is -1.14. The van der Waals surface area contributed by atoms with E-state index in [1.165, 1.54) is 16.7 Å². The Morgan fingerprint density at radius 2 is 2.19 bits per heavy atom. The van der Waals surface area contributed by atoms with Crippen molar-refractivity contribution in [3.8, 4) is 0 Å². The molecule has 1 saturated heterocycles. The molecule has 1 aromatic heterocycles. The zero-order valence-corrected chi connectivity index (χ0v) is 11.2. The lowest BCUT2D eigenvalue weighted by atomic mass is 10.0. The van der Waals surface area contributed by atoms with Crippen LogP contribution in [0.2, 0.25) is 0 Å². The second-order valence-corrected chi connectivity index (χ2v) is 5.32. The van der Waals surface area contributed by atoms with E-state index >= 15 is 0 Å². The van der Waals surface area contributed by atoms with Crippen LogP contribution >= 0.6 is 0 Å². The van der Waals surface area contributed by atoms with E-state index < -0.39 is 17.4 Å². The van der Waals surface area contributed by atoms with E-state index in [2.05, 4.69) is 4.98 Å². The minimum atomic E-state index is -4.49. The summed E-state index contributed by atoms with van der Waals surface area (Å²) in [7, 11) is 0. The summed E-state index contributed by atoms with van der Waals surface area (Å²) in [4.78, 5) is 14.5. The molecule has 1 fully saturated rings. The fraction of sp³-hybridized carbons (Fsp3) is 0.500. The summed E-state index contributed by atoms with van der Waals surface area (Å²) in [6, 6.07) is 3.79. The second kappa shape index (κ2) is 5.22. The average molecular weight is 300 g/mol. The summed E-state index contributed by atoms with van der Waals surface area (Å²) in [5.74, 6) is 0.0664. The van der Waals surface area contributed by atoms with Crippen molar-refractivity contribution in [2.45, 2.75) is 25.6 Å². The third kappa shape index (κ3) is 2.70. The molecule has 1 unspecified atom stereocenters. The van der Waals surface area contributed by atoms with Gasteiger partial charge in [0.1, 0.15) is 0 Å². The SMILES string of the molecule is O=c1[nH]c2cccc(C(F)(F)F)c2n1CC1CCCOC1. The van der Waals surface area contributed by atoms with Gasteiger partial charge in [0, 0.05) is 19.1 Å². The number of rotatable bonds is 2. The van der Waals surface area contributed by atoms with Crippen LogP contribution in [0, 0.1) is 5.92 Å². The first kappa shape index (κ1) is 14.2. The maximum atomic E-state index is 13.1. The molecule has 0 radical (unpaired) electrons. The van der Waals surface area contributed by atoms with Crippen LogP contribution in [0.1, 0.15) is 18.4 Å². The summed E-state index contributed by atoms with van der Waals surface area (Å²) in [5, 5.41) is 0. The number of aromatic nitrogens is 2. The minimum absolute atomic E-state index is 0.0664. The number of hydrogen-bond acceptors (Lipinski definition) is 2. The molecule has 114 valence electrons. The molecule has 2 aromatic rings. The van der Waals surface area contributed by atoms with E-state index in [0.717, 1.165) is 18.9 Å². The molecule has 0 aliphatic carbocycles. The highest BCUT2D eigenvalue weighted by Crippen LogP contribution is 2.34. The van der Waals surface area contributed by atoms with Crippen LogP contribution in [-0.4, -0.2) is 22.8 Å². The van der Waals surface area contributed by atoms with Crippen molar-refractivity contribution >= 4 is 11.0 Å². The largest absolute Gasteiger partial charge is 0.418 e. The van der Waals surface area contributed by atoms with Crippen LogP contribution in [0.5, 0.6) is 0 Å². The highest BCUT2D eigenvalue weighted by molar-refractivity contribution is 5.79. The number of halogens is 3. The number of aromatic amines is 1. The van der Waals surface area contributed by atoms with Gasteiger partial charge in [-0.3, -0.25) is 4.57 Å². The van der Waals surface area contributed by atoms with Crippen molar-refractivity contribution in [2.75, 3.05) is 13.2 Å². The predicted molar refractivity (Wildman–Crippen MR) is 71.1 cm³/mol. The number of fused-ring (bicyclic) bond motifs is 1. The molecule has 1 aliphatic heterocycles. The molecule has 3 rings (SSSR count). The fourth-order valence-corrected chi connectivity index (χ4v) is 2.83. The zero-order valence-electron chi connectivity index (χ0n) is 11.2. The number of para-hydroxylation sites is 1. The predicted octanol–water partition coefficient (Wildman–Crippen LogP) is 2.78. The second-order valence-electron chi connectivity index (χ2n) is 5.32. The molecule has 0 spiro atoms. The van der Waals surface area contributed by atoms with Gasteiger partial charge in [-0.2, -0.15) is 13.2 Å². The van der Waals surface area contributed by atoms with Gasteiger partial charge in [-0.25, -0.2) is 4.79 Å². The Kier molecular flexibility index (Phi) is 3.52. The smallest absolute Gasteiger partial charge is 0.381 e. The Morgan fingerprint density at radius 3 is 2.86 bits per heavy atom. The third-order valence-corrected chi connectivity index (χ3v) is 3.79. The van der Waals surface area contributed by atoms with Crippen molar-refractivity contribution in [2.24, 2.45) is 5.92 Å². The van der Waals surface area contributed by atoms with Gasteiger partial charge in [-0.1, -0.05) is 6.07 Å². The van der Waals surface area contributed by atoms with E-state index in [0.29, 0.717) is 13.2 Å². The van der Waals surface area contributed by atoms with Gasteiger partial charge in [0.25, 0.3) is 0 Å². The van der Waals surface area contributed by atoms with E-state index in [1.807, 2.05) is 0 Å². The first-order valence-electron chi connectivity index (χ1n) is 6.83. The number of benzene rings is 1. The van der Waals surface area contributed by atoms with E-state index in [4.69, 9.17) is 4.74 Å². The molecule has 0 bridgehead atoms. The molecular formula is C14H15F3N2O2. The molecule has 2 heterocycles.